The van der Waals surface area contributed by atoms with E-state index in [2.05, 4.69) is 33.0 Å². The quantitative estimate of drug-likeness (QED) is 0.661. The average molecular weight is 187 g/mol. The van der Waals surface area contributed by atoms with Gasteiger partial charge >= 0.3 is 0 Å². The Balaban J connectivity index is 4.28. The van der Waals surface area contributed by atoms with Gasteiger partial charge in [-0.2, -0.15) is 0 Å². The van der Waals surface area contributed by atoms with Gasteiger partial charge in [0.2, 0.25) is 0 Å². The molecule has 0 fully saturated rings. The highest BCUT2D eigenvalue weighted by atomic mass is 16.5. The second-order valence-corrected chi connectivity index (χ2v) is 3.77. The minimum absolute atomic E-state index is 0.00792. The Hall–Kier alpha value is -0.0800. The molecule has 0 aliphatic carbocycles. The van der Waals surface area contributed by atoms with Gasteiger partial charge in [-0.15, -0.1) is 0 Å². The summed E-state index contributed by atoms with van der Waals surface area (Å²) in [5.41, 5.74) is -0.00792. The highest BCUT2D eigenvalue weighted by molar-refractivity contribution is 4.87. The predicted octanol–water partition coefficient (Wildman–Crippen LogP) is 2.58. The minimum atomic E-state index is -0.00792. The lowest BCUT2D eigenvalue weighted by Gasteiger charge is -2.36. The van der Waals surface area contributed by atoms with E-state index in [9.17, 15) is 0 Å². The second-order valence-electron chi connectivity index (χ2n) is 3.77. The van der Waals surface area contributed by atoms with Gasteiger partial charge in [0.05, 0.1) is 5.60 Å². The van der Waals surface area contributed by atoms with Crippen molar-refractivity contribution in [2.24, 2.45) is 0 Å². The van der Waals surface area contributed by atoms with Gasteiger partial charge in [-0.25, -0.2) is 0 Å². The van der Waals surface area contributed by atoms with Crippen molar-refractivity contribution < 1.29 is 4.74 Å². The SMILES string of the molecule is CCCC(NCC)C(C)(CC)OC. The molecule has 80 valence electrons. The molecule has 0 heterocycles. The number of hydrogen-bond donors (Lipinski definition) is 1. The van der Waals surface area contributed by atoms with E-state index < -0.39 is 0 Å². The van der Waals surface area contributed by atoms with Gasteiger partial charge in [-0.3, -0.25) is 0 Å². The first-order valence-electron chi connectivity index (χ1n) is 5.43. The first kappa shape index (κ1) is 12.9. The highest BCUT2D eigenvalue weighted by Gasteiger charge is 2.30. The first-order chi connectivity index (χ1) is 6.14. The third-order valence-electron chi connectivity index (χ3n) is 2.93. The molecule has 0 saturated heterocycles. The number of nitrogens with one attached hydrogen (secondary N) is 1. The lowest BCUT2D eigenvalue weighted by atomic mass is 9.90. The topological polar surface area (TPSA) is 21.3 Å². The van der Waals surface area contributed by atoms with Crippen LogP contribution >= 0.6 is 0 Å². The summed E-state index contributed by atoms with van der Waals surface area (Å²) in [4.78, 5) is 0. The van der Waals surface area contributed by atoms with E-state index in [1.54, 1.807) is 0 Å². The maximum atomic E-state index is 5.59. The Labute approximate surface area is 83.1 Å². The standard InChI is InChI=1S/C11H25NO/c1-6-9-10(12-8-3)11(4,7-2)13-5/h10,12H,6-9H2,1-5H3. The Bertz CT molecular complexity index is 115. The Morgan fingerprint density at radius 3 is 2.23 bits per heavy atom. The summed E-state index contributed by atoms with van der Waals surface area (Å²) in [6, 6.07) is 0.484. The number of ether oxygens (including phenoxy) is 1. The van der Waals surface area contributed by atoms with Crippen LogP contribution in [0.4, 0.5) is 0 Å². The molecule has 0 aliphatic rings. The van der Waals surface area contributed by atoms with E-state index in [-0.39, 0.29) is 5.60 Å². The maximum Gasteiger partial charge on any atom is 0.0800 e. The lowest BCUT2D eigenvalue weighted by Crippen LogP contribution is -2.49. The molecule has 2 heteroatoms. The zero-order valence-electron chi connectivity index (χ0n) is 9.81. The first-order valence-corrected chi connectivity index (χ1v) is 5.43. The fourth-order valence-corrected chi connectivity index (χ4v) is 1.69. The van der Waals surface area contributed by atoms with Crippen LogP contribution in [0.3, 0.4) is 0 Å². The van der Waals surface area contributed by atoms with Crippen LogP contribution in [0.1, 0.15) is 47.0 Å². The zero-order chi connectivity index (χ0) is 10.3. The summed E-state index contributed by atoms with van der Waals surface area (Å²) in [7, 11) is 1.81. The van der Waals surface area contributed by atoms with E-state index in [1.165, 1.54) is 12.8 Å². The summed E-state index contributed by atoms with van der Waals surface area (Å²) in [6.07, 6.45) is 3.45. The molecule has 0 radical (unpaired) electrons. The Morgan fingerprint density at radius 1 is 1.31 bits per heavy atom. The normalized spacial score (nSPS) is 18.2. The fraction of sp³-hybridized carbons (Fsp3) is 1.00. The number of methoxy groups -OCH3 is 1. The van der Waals surface area contributed by atoms with Crippen molar-refractivity contribution in [3.05, 3.63) is 0 Å². The van der Waals surface area contributed by atoms with Crippen LogP contribution in [0.15, 0.2) is 0 Å². The molecule has 2 unspecified atom stereocenters. The summed E-state index contributed by atoms with van der Waals surface area (Å²) < 4.78 is 5.59. The second kappa shape index (κ2) is 6.39. The average Bonchev–Trinajstić information content (AvgIpc) is 2.16. The van der Waals surface area contributed by atoms with Gasteiger partial charge in [0, 0.05) is 13.2 Å². The van der Waals surface area contributed by atoms with Gasteiger partial charge in [0.25, 0.3) is 0 Å². The minimum Gasteiger partial charge on any atom is -0.377 e. The van der Waals surface area contributed by atoms with E-state index in [1.807, 2.05) is 7.11 Å². The Morgan fingerprint density at radius 2 is 1.92 bits per heavy atom. The van der Waals surface area contributed by atoms with Gasteiger partial charge < -0.3 is 10.1 Å². The van der Waals surface area contributed by atoms with Gasteiger partial charge in [-0.1, -0.05) is 27.2 Å². The molecule has 2 nitrogen and oxygen atoms in total. The number of rotatable bonds is 7. The highest BCUT2D eigenvalue weighted by Crippen LogP contribution is 2.22. The van der Waals surface area contributed by atoms with Crippen LogP contribution in [-0.4, -0.2) is 25.3 Å². The van der Waals surface area contributed by atoms with Crippen molar-refractivity contribution in [3.63, 3.8) is 0 Å². The molecule has 0 bridgehead atoms. The number of hydrogen-bond acceptors (Lipinski definition) is 2. The summed E-state index contributed by atoms with van der Waals surface area (Å²) in [5.74, 6) is 0. The van der Waals surface area contributed by atoms with Gasteiger partial charge in [0.15, 0.2) is 0 Å². The predicted molar refractivity (Wildman–Crippen MR) is 58.1 cm³/mol. The molecule has 0 aliphatic heterocycles. The molecule has 1 N–H and O–H groups in total. The molecule has 0 aromatic carbocycles. The lowest BCUT2D eigenvalue weighted by molar-refractivity contribution is -0.0308. The van der Waals surface area contributed by atoms with Crippen LogP contribution < -0.4 is 5.32 Å². The van der Waals surface area contributed by atoms with Crippen molar-refractivity contribution in [2.45, 2.75) is 58.6 Å². The molecule has 0 rings (SSSR count). The van der Waals surface area contributed by atoms with Crippen molar-refractivity contribution in [2.75, 3.05) is 13.7 Å². The van der Waals surface area contributed by atoms with Crippen LogP contribution in [0, 0.1) is 0 Å². The monoisotopic (exact) mass is 187 g/mol. The van der Waals surface area contributed by atoms with E-state index in [0.29, 0.717) is 6.04 Å². The van der Waals surface area contributed by atoms with E-state index >= 15 is 0 Å². The maximum absolute atomic E-state index is 5.59. The van der Waals surface area contributed by atoms with Crippen LogP contribution in [0.2, 0.25) is 0 Å². The summed E-state index contributed by atoms with van der Waals surface area (Å²) in [5, 5.41) is 3.50. The third-order valence-corrected chi connectivity index (χ3v) is 2.93. The summed E-state index contributed by atoms with van der Waals surface area (Å²) in [6.45, 7) is 9.76. The molecular formula is C11H25NO. The smallest absolute Gasteiger partial charge is 0.0800 e. The van der Waals surface area contributed by atoms with E-state index in [4.69, 9.17) is 4.74 Å². The van der Waals surface area contributed by atoms with Crippen molar-refractivity contribution in [1.29, 1.82) is 0 Å². The van der Waals surface area contributed by atoms with Gasteiger partial charge in [-0.05, 0) is 26.3 Å². The summed E-state index contributed by atoms with van der Waals surface area (Å²) >= 11 is 0. The molecule has 0 aromatic heterocycles. The third kappa shape index (κ3) is 3.65. The zero-order valence-corrected chi connectivity index (χ0v) is 9.81. The van der Waals surface area contributed by atoms with Crippen LogP contribution in [-0.2, 0) is 4.74 Å². The molecule has 0 saturated carbocycles. The largest absolute Gasteiger partial charge is 0.377 e. The molecule has 0 amide bonds. The van der Waals surface area contributed by atoms with Crippen LogP contribution in [0.25, 0.3) is 0 Å². The molecule has 0 spiro atoms. The van der Waals surface area contributed by atoms with Crippen molar-refractivity contribution >= 4 is 0 Å². The molecular weight excluding hydrogens is 162 g/mol. The Kier molecular flexibility index (Phi) is 6.35. The van der Waals surface area contributed by atoms with Crippen LogP contribution in [0.5, 0.6) is 0 Å². The van der Waals surface area contributed by atoms with Crippen molar-refractivity contribution in [3.8, 4) is 0 Å². The van der Waals surface area contributed by atoms with Crippen molar-refractivity contribution in [1.82, 2.24) is 5.32 Å². The molecule has 2 atom stereocenters. The van der Waals surface area contributed by atoms with E-state index in [0.717, 1.165) is 13.0 Å². The molecule has 13 heavy (non-hydrogen) atoms. The molecule has 0 aromatic rings. The van der Waals surface area contributed by atoms with Gasteiger partial charge in [0.1, 0.15) is 0 Å². The number of likely N-dealkylation sites (N-methyl/N-ethyl adjacent to an activating group) is 1. The fourth-order valence-electron chi connectivity index (χ4n) is 1.69.